The SMILES string of the molecule is O=C([O-])CCCC(=O)Nc1ccccc1C(=O)N1CCCCC1. The lowest BCUT2D eigenvalue weighted by atomic mass is 10.1. The summed E-state index contributed by atoms with van der Waals surface area (Å²) in [5.74, 6) is -1.54. The molecule has 0 bridgehead atoms. The van der Waals surface area contributed by atoms with Gasteiger partial charge in [0.15, 0.2) is 0 Å². The van der Waals surface area contributed by atoms with Crippen LogP contribution in [0.25, 0.3) is 0 Å². The number of piperidine rings is 1. The van der Waals surface area contributed by atoms with E-state index in [1.165, 1.54) is 0 Å². The Balaban J connectivity index is 2.00. The van der Waals surface area contributed by atoms with Crippen LogP contribution in [0.4, 0.5) is 5.69 Å². The van der Waals surface area contributed by atoms with Crippen molar-refractivity contribution in [2.75, 3.05) is 18.4 Å². The fraction of sp³-hybridized carbons (Fsp3) is 0.471. The number of hydrogen-bond acceptors (Lipinski definition) is 4. The van der Waals surface area contributed by atoms with Gasteiger partial charge >= 0.3 is 0 Å². The third kappa shape index (κ3) is 5.09. The molecule has 2 rings (SSSR count). The van der Waals surface area contributed by atoms with Crippen LogP contribution in [0.1, 0.15) is 48.9 Å². The number of rotatable bonds is 6. The van der Waals surface area contributed by atoms with Gasteiger partial charge in [0, 0.05) is 25.5 Å². The van der Waals surface area contributed by atoms with E-state index in [2.05, 4.69) is 5.32 Å². The van der Waals surface area contributed by atoms with Crippen LogP contribution in [0.15, 0.2) is 24.3 Å². The molecule has 0 unspecified atom stereocenters. The third-order valence-electron chi connectivity index (χ3n) is 3.86. The molecular formula is C17H21N2O4-. The van der Waals surface area contributed by atoms with Crippen molar-refractivity contribution >= 4 is 23.5 Å². The number of carboxylic acid groups (broad SMARTS) is 1. The number of aliphatic carboxylic acids is 1. The summed E-state index contributed by atoms with van der Waals surface area (Å²) in [7, 11) is 0. The zero-order valence-electron chi connectivity index (χ0n) is 13.0. The molecule has 0 atom stereocenters. The van der Waals surface area contributed by atoms with Crippen LogP contribution >= 0.6 is 0 Å². The van der Waals surface area contributed by atoms with E-state index in [1.807, 2.05) is 4.90 Å². The van der Waals surface area contributed by atoms with E-state index in [0.717, 1.165) is 32.4 Å². The molecule has 1 heterocycles. The number of benzene rings is 1. The lowest BCUT2D eigenvalue weighted by molar-refractivity contribution is -0.305. The van der Waals surface area contributed by atoms with Gasteiger partial charge in [0.05, 0.1) is 11.3 Å². The maximum atomic E-state index is 12.6. The smallest absolute Gasteiger partial charge is 0.255 e. The van der Waals surface area contributed by atoms with Crippen molar-refractivity contribution in [3.63, 3.8) is 0 Å². The molecule has 1 N–H and O–H groups in total. The number of nitrogens with zero attached hydrogens (tertiary/aromatic N) is 1. The minimum atomic E-state index is -1.17. The average molecular weight is 317 g/mol. The van der Waals surface area contributed by atoms with Crippen molar-refractivity contribution in [2.45, 2.75) is 38.5 Å². The molecule has 0 aromatic heterocycles. The van der Waals surface area contributed by atoms with Gasteiger partial charge in [-0.1, -0.05) is 12.1 Å². The van der Waals surface area contributed by atoms with Crippen LogP contribution in [0.2, 0.25) is 0 Å². The predicted molar refractivity (Wildman–Crippen MR) is 83.7 cm³/mol. The second kappa shape index (κ2) is 8.31. The first-order valence-electron chi connectivity index (χ1n) is 7.96. The van der Waals surface area contributed by atoms with Gasteiger partial charge < -0.3 is 20.1 Å². The number of carbonyl (C=O) groups excluding carboxylic acids is 3. The topological polar surface area (TPSA) is 89.5 Å². The summed E-state index contributed by atoms with van der Waals surface area (Å²) < 4.78 is 0. The summed E-state index contributed by atoms with van der Waals surface area (Å²) in [4.78, 5) is 36.7. The molecule has 0 saturated carbocycles. The third-order valence-corrected chi connectivity index (χ3v) is 3.86. The minimum Gasteiger partial charge on any atom is -0.550 e. The summed E-state index contributed by atoms with van der Waals surface area (Å²) in [5, 5.41) is 13.1. The first-order valence-corrected chi connectivity index (χ1v) is 7.96. The van der Waals surface area contributed by atoms with Crippen molar-refractivity contribution in [1.29, 1.82) is 0 Å². The number of anilines is 1. The predicted octanol–water partition coefficient (Wildman–Crippen LogP) is 1.17. The van der Waals surface area contributed by atoms with E-state index in [0.29, 0.717) is 11.3 Å². The molecule has 1 fully saturated rings. The molecule has 1 aromatic carbocycles. The van der Waals surface area contributed by atoms with E-state index >= 15 is 0 Å². The lowest BCUT2D eigenvalue weighted by Crippen LogP contribution is -2.36. The number of amides is 2. The van der Waals surface area contributed by atoms with Gasteiger partial charge in [0.1, 0.15) is 0 Å². The standard InChI is InChI=1S/C17H22N2O4/c20-15(9-6-10-16(21)22)18-14-8-3-2-7-13(14)17(23)19-11-4-1-5-12-19/h2-3,7-8H,1,4-6,9-12H2,(H,18,20)(H,21,22)/p-1. The molecule has 124 valence electrons. The normalized spacial score (nSPS) is 14.3. The second-order valence-electron chi connectivity index (χ2n) is 5.67. The molecule has 2 amide bonds. The van der Waals surface area contributed by atoms with Gasteiger partial charge in [0.25, 0.3) is 5.91 Å². The summed E-state index contributed by atoms with van der Waals surface area (Å²) in [6, 6.07) is 6.91. The van der Waals surface area contributed by atoms with Gasteiger partial charge in [0.2, 0.25) is 5.91 Å². The summed E-state index contributed by atoms with van der Waals surface area (Å²) in [6.45, 7) is 1.49. The first kappa shape index (κ1) is 17.0. The van der Waals surface area contributed by atoms with Gasteiger partial charge in [-0.2, -0.15) is 0 Å². The summed E-state index contributed by atoms with van der Waals surface area (Å²) >= 11 is 0. The Bertz CT molecular complexity index is 580. The van der Waals surface area contributed by atoms with Gasteiger partial charge in [-0.05, 0) is 44.2 Å². The van der Waals surface area contributed by atoms with E-state index in [4.69, 9.17) is 0 Å². The highest BCUT2D eigenvalue weighted by Gasteiger charge is 2.21. The van der Waals surface area contributed by atoms with Gasteiger partial charge in [-0.25, -0.2) is 0 Å². The van der Waals surface area contributed by atoms with E-state index < -0.39 is 5.97 Å². The van der Waals surface area contributed by atoms with Gasteiger partial charge in [-0.3, -0.25) is 9.59 Å². The average Bonchev–Trinajstić information content (AvgIpc) is 2.55. The Morgan fingerprint density at radius 1 is 1.04 bits per heavy atom. The molecule has 1 saturated heterocycles. The lowest BCUT2D eigenvalue weighted by Gasteiger charge is -2.27. The first-order chi connectivity index (χ1) is 11.1. The zero-order chi connectivity index (χ0) is 16.7. The molecule has 0 aliphatic carbocycles. The summed E-state index contributed by atoms with van der Waals surface area (Å²) in [5.41, 5.74) is 0.948. The molecule has 0 spiro atoms. The van der Waals surface area contributed by atoms with Crippen LogP contribution in [0, 0.1) is 0 Å². The van der Waals surface area contributed by atoms with E-state index in [-0.39, 0.29) is 31.1 Å². The van der Waals surface area contributed by atoms with Crippen molar-refractivity contribution < 1.29 is 19.5 Å². The minimum absolute atomic E-state index is 0.0738. The number of nitrogens with one attached hydrogen (secondary N) is 1. The number of likely N-dealkylation sites (tertiary alicyclic amines) is 1. The summed E-state index contributed by atoms with van der Waals surface area (Å²) in [6.07, 6.45) is 3.30. The molecule has 0 radical (unpaired) electrons. The van der Waals surface area contributed by atoms with E-state index in [9.17, 15) is 19.5 Å². The molecule has 6 nitrogen and oxygen atoms in total. The molecule has 1 aliphatic heterocycles. The van der Waals surface area contributed by atoms with Crippen LogP contribution < -0.4 is 10.4 Å². The molecule has 1 aliphatic rings. The zero-order valence-corrected chi connectivity index (χ0v) is 13.0. The van der Waals surface area contributed by atoms with Crippen molar-refractivity contribution in [1.82, 2.24) is 4.90 Å². The maximum absolute atomic E-state index is 12.6. The largest absolute Gasteiger partial charge is 0.550 e. The highest BCUT2D eigenvalue weighted by Crippen LogP contribution is 2.20. The fourth-order valence-electron chi connectivity index (χ4n) is 2.65. The molecule has 23 heavy (non-hydrogen) atoms. The number of hydrogen-bond donors (Lipinski definition) is 1. The Morgan fingerprint density at radius 3 is 2.43 bits per heavy atom. The number of carbonyl (C=O) groups is 3. The molecule has 1 aromatic rings. The molecular weight excluding hydrogens is 296 g/mol. The Hall–Kier alpha value is -2.37. The van der Waals surface area contributed by atoms with Crippen LogP contribution in [-0.2, 0) is 9.59 Å². The maximum Gasteiger partial charge on any atom is 0.255 e. The van der Waals surface area contributed by atoms with Crippen molar-refractivity contribution in [3.05, 3.63) is 29.8 Å². The Kier molecular flexibility index (Phi) is 6.14. The van der Waals surface area contributed by atoms with E-state index in [1.54, 1.807) is 24.3 Å². The van der Waals surface area contributed by atoms with Crippen molar-refractivity contribution in [3.8, 4) is 0 Å². The van der Waals surface area contributed by atoms with Crippen LogP contribution in [0.5, 0.6) is 0 Å². The highest BCUT2D eigenvalue weighted by atomic mass is 16.4. The number of para-hydroxylation sites is 1. The Labute approximate surface area is 135 Å². The monoisotopic (exact) mass is 317 g/mol. The molecule has 6 heteroatoms. The van der Waals surface area contributed by atoms with Gasteiger partial charge in [-0.15, -0.1) is 0 Å². The fourth-order valence-corrected chi connectivity index (χ4v) is 2.65. The van der Waals surface area contributed by atoms with Crippen LogP contribution in [-0.4, -0.2) is 35.8 Å². The van der Waals surface area contributed by atoms with Crippen LogP contribution in [0.3, 0.4) is 0 Å². The quantitative estimate of drug-likeness (QED) is 0.853. The Morgan fingerprint density at radius 2 is 1.74 bits per heavy atom. The van der Waals surface area contributed by atoms with Crippen molar-refractivity contribution in [2.24, 2.45) is 0 Å². The highest BCUT2D eigenvalue weighted by molar-refractivity contribution is 6.03. The number of carboxylic acids is 1. The second-order valence-corrected chi connectivity index (χ2v) is 5.67.